The fourth-order valence-corrected chi connectivity index (χ4v) is 2.11. The smallest absolute Gasteiger partial charge is 0.288 e. The first-order valence-electron chi connectivity index (χ1n) is 4.88. The Bertz CT molecular complexity index is 592. The zero-order valence-electron chi connectivity index (χ0n) is 9.15. The number of hydrogen-bond donors (Lipinski definition) is 0. The molecule has 18 heavy (non-hydrogen) atoms. The lowest BCUT2D eigenvalue weighted by atomic mass is 10.1. The van der Waals surface area contributed by atoms with Crippen LogP contribution in [0.15, 0.2) is 24.7 Å². The molecule has 0 fully saturated rings. The summed E-state index contributed by atoms with van der Waals surface area (Å²) in [6.45, 7) is 1.67. The molecule has 0 unspecified atom stereocenters. The summed E-state index contributed by atoms with van der Waals surface area (Å²) in [7, 11) is 0. The molecular formula is C11H7F3N2OS. The number of alkyl halides is 3. The largest absolute Gasteiger partial charge is 0.443 e. The molecule has 0 atom stereocenters. The minimum Gasteiger partial charge on any atom is -0.288 e. The van der Waals surface area contributed by atoms with Crippen molar-refractivity contribution in [1.29, 1.82) is 0 Å². The van der Waals surface area contributed by atoms with E-state index in [2.05, 4.69) is 9.97 Å². The number of aromatic nitrogens is 2. The second kappa shape index (κ2) is 4.49. The normalized spacial score (nSPS) is 11.6. The van der Waals surface area contributed by atoms with Crippen LogP contribution in [0.5, 0.6) is 0 Å². The van der Waals surface area contributed by atoms with Gasteiger partial charge in [0.05, 0.1) is 4.88 Å². The highest BCUT2D eigenvalue weighted by molar-refractivity contribution is 7.14. The van der Waals surface area contributed by atoms with Crippen molar-refractivity contribution in [3.8, 4) is 0 Å². The Labute approximate surface area is 104 Å². The van der Waals surface area contributed by atoms with Crippen LogP contribution in [0.4, 0.5) is 13.2 Å². The third-order valence-electron chi connectivity index (χ3n) is 2.24. The van der Waals surface area contributed by atoms with Crippen LogP contribution in [-0.4, -0.2) is 15.8 Å². The van der Waals surface area contributed by atoms with Gasteiger partial charge in [0, 0.05) is 24.2 Å². The van der Waals surface area contributed by atoms with Crippen LogP contribution in [0.2, 0.25) is 0 Å². The van der Waals surface area contributed by atoms with Gasteiger partial charge in [-0.2, -0.15) is 13.2 Å². The van der Waals surface area contributed by atoms with Gasteiger partial charge in [-0.05, 0) is 18.6 Å². The average molecular weight is 272 g/mol. The third kappa shape index (κ3) is 2.40. The molecule has 7 heteroatoms. The molecule has 0 aliphatic heterocycles. The van der Waals surface area contributed by atoms with Crippen LogP contribution in [0.3, 0.4) is 0 Å². The van der Waals surface area contributed by atoms with E-state index in [-0.39, 0.29) is 4.88 Å². The molecule has 2 aromatic rings. The average Bonchev–Trinajstić information content (AvgIpc) is 2.77. The lowest BCUT2D eigenvalue weighted by molar-refractivity contribution is -0.137. The Kier molecular flexibility index (Phi) is 3.16. The van der Waals surface area contributed by atoms with Crippen molar-refractivity contribution in [3.63, 3.8) is 0 Å². The molecule has 0 amide bonds. The van der Waals surface area contributed by atoms with E-state index < -0.39 is 17.0 Å². The summed E-state index contributed by atoms with van der Waals surface area (Å²) in [6.07, 6.45) is -0.656. The highest BCUT2D eigenvalue weighted by atomic mass is 32.1. The summed E-state index contributed by atoms with van der Waals surface area (Å²) in [5, 5.41) is -1.02. The zero-order valence-corrected chi connectivity index (χ0v) is 9.97. The van der Waals surface area contributed by atoms with Gasteiger partial charge in [0.25, 0.3) is 0 Å². The Hall–Kier alpha value is -1.76. The van der Waals surface area contributed by atoms with Gasteiger partial charge in [-0.3, -0.25) is 9.78 Å². The van der Waals surface area contributed by atoms with Crippen molar-refractivity contribution >= 4 is 17.1 Å². The number of carbonyl (C=O) groups is 1. The molecule has 3 nitrogen and oxygen atoms in total. The highest BCUT2D eigenvalue weighted by Gasteiger charge is 2.35. The van der Waals surface area contributed by atoms with Crippen LogP contribution >= 0.6 is 11.3 Å². The van der Waals surface area contributed by atoms with Gasteiger partial charge in [0.15, 0.2) is 5.01 Å². The van der Waals surface area contributed by atoms with Crippen molar-refractivity contribution in [2.75, 3.05) is 0 Å². The second-order valence-corrected chi connectivity index (χ2v) is 4.58. The predicted molar refractivity (Wildman–Crippen MR) is 59.5 cm³/mol. The molecule has 0 saturated carbocycles. The standard InChI is InChI=1S/C11H7F3N2OS/c1-6-4-15-3-2-7(6)9(17)8-5-16-10(18-8)11(12,13)14/h2-5H,1H3. The van der Waals surface area contributed by atoms with E-state index in [1.807, 2.05) is 0 Å². The van der Waals surface area contributed by atoms with Gasteiger partial charge in [-0.1, -0.05) is 0 Å². The fraction of sp³-hybridized carbons (Fsp3) is 0.182. The third-order valence-corrected chi connectivity index (χ3v) is 3.28. The van der Waals surface area contributed by atoms with E-state index in [9.17, 15) is 18.0 Å². The number of nitrogens with zero attached hydrogens (tertiary/aromatic N) is 2. The van der Waals surface area contributed by atoms with Gasteiger partial charge in [0.2, 0.25) is 5.78 Å². The van der Waals surface area contributed by atoms with E-state index in [4.69, 9.17) is 0 Å². The number of ketones is 1. The Balaban J connectivity index is 2.36. The van der Waals surface area contributed by atoms with Crippen LogP contribution in [-0.2, 0) is 6.18 Å². The van der Waals surface area contributed by atoms with E-state index in [1.165, 1.54) is 18.5 Å². The molecule has 0 spiro atoms. The molecular weight excluding hydrogens is 265 g/mol. The molecule has 2 aromatic heterocycles. The van der Waals surface area contributed by atoms with Gasteiger partial charge in [0.1, 0.15) is 0 Å². The lowest BCUT2D eigenvalue weighted by Gasteiger charge is -2.01. The molecule has 0 aromatic carbocycles. The predicted octanol–water partition coefficient (Wildman–Crippen LogP) is 3.10. The maximum absolute atomic E-state index is 12.4. The highest BCUT2D eigenvalue weighted by Crippen LogP contribution is 2.33. The molecule has 0 aliphatic carbocycles. The monoisotopic (exact) mass is 272 g/mol. The second-order valence-electron chi connectivity index (χ2n) is 3.55. The minimum absolute atomic E-state index is 0.0309. The number of rotatable bonds is 2. The maximum atomic E-state index is 12.4. The SMILES string of the molecule is Cc1cnccc1C(=O)c1cnc(C(F)(F)F)s1. The summed E-state index contributed by atoms with van der Waals surface area (Å²) in [5.41, 5.74) is 0.951. The van der Waals surface area contributed by atoms with E-state index in [0.29, 0.717) is 22.5 Å². The fourth-order valence-electron chi connectivity index (χ4n) is 1.37. The Morgan fingerprint density at radius 2 is 2.06 bits per heavy atom. The molecule has 2 heterocycles. The van der Waals surface area contributed by atoms with Crippen molar-refractivity contribution in [3.05, 3.63) is 45.7 Å². The number of pyridine rings is 1. The van der Waals surface area contributed by atoms with Crippen molar-refractivity contribution in [2.24, 2.45) is 0 Å². The van der Waals surface area contributed by atoms with Gasteiger partial charge in [-0.25, -0.2) is 4.98 Å². The lowest BCUT2D eigenvalue weighted by Crippen LogP contribution is -2.03. The summed E-state index contributed by atoms with van der Waals surface area (Å²) >= 11 is 0.345. The van der Waals surface area contributed by atoms with Gasteiger partial charge < -0.3 is 0 Å². The van der Waals surface area contributed by atoms with E-state index in [1.54, 1.807) is 6.92 Å². The van der Waals surface area contributed by atoms with Crippen molar-refractivity contribution < 1.29 is 18.0 Å². The van der Waals surface area contributed by atoms with Crippen molar-refractivity contribution in [1.82, 2.24) is 9.97 Å². The summed E-state index contributed by atoms with van der Waals surface area (Å²) < 4.78 is 37.1. The van der Waals surface area contributed by atoms with Crippen molar-refractivity contribution in [2.45, 2.75) is 13.1 Å². The molecule has 0 radical (unpaired) electrons. The van der Waals surface area contributed by atoms with Crippen LogP contribution in [0.25, 0.3) is 0 Å². The zero-order chi connectivity index (χ0) is 13.3. The molecule has 0 aliphatic rings. The van der Waals surface area contributed by atoms with Crippen LogP contribution < -0.4 is 0 Å². The molecule has 2 rings (SSSR count). The topological polar surface area (TPSA) is 42.9 Å². The van der Waals surface area contributed by atoms with E-state index >= 15 is 0 Å². The number of hydrogen-bond acceptors (Lipinski definition) is 4. The van der Waals surface area contributed by atoms with Crippen LogP contribution in [0, 0.1) is 6.92 Å². The molecule has 0 N–H and O–H groups in total. The quantitative estimate of drug-likeness (QED) is 0.789. The Morgan fingerprint density at radius 3 is 2.61 bits per heavy atom. The molecule has 0 bridgehead atoms. The number of aryl methyl sites for hydroxylation is 1. The first-order valence-corrected chi connectivity index (χ1v) is 5.69. The summed E-state index contributed by atoms with van der Waals surface area (Å²) in [4.78, 5) is 19.0. The summed E-state index contributed by atoms with van der Waals surface area (Å²) in [5.74, 6) is -0.470. The molecule has 0 saturated heterocycles. The first-order chi connectivity index (χ1) is 8.39. The first kappa shape index (κ1) is 12.7. The molecule has 94 valence electrons. The van der Waals surface area contributed by atoms with Gasteiger partial charge in [-0.15, -0.1) is 11.3 Å². The number of thiazole rings is 1. The summed E-state index contributed by atoms with van der Waals surface area (Å²) in [6, 6.07) is 1.48. The van der Waals surface area contributed by atoms with Gasteiger partial charge >= 0.3 is 6.18 Å². The van der Waals surface area contributed by atoms with Crippen LogP contribution in [0.1, 0.15) is 25.8 Å². The number of halogens is 3. The minimum atomic E-state index is -4.52. The Morgan fingerprint density at radius 1 is 1.33 bits per heavy atom. The number of carbonyl (C=O) groups excluding carboxylic acids is 1. The van der Waals surface area contributed by atoms with E-state index in [0.717, 1.165) is 6.20 Å². The maximum Gasteiger partial charge on any atom is 0.443 e.